The molecule has 1 aliphatic heterocycles. The fourth-order valence-electron chi connectivity index (χ4n) is 4.06. The smallest absolute Gasteiger partial charge is 0.251 e. The van der Waals surface area contributed by atoms with Crippen LogP contribution in [0.1, 0.15) is 38.3 Å². The van der Waals surface area contributed by atoms with Gasteiger partial charge in [0.1, 0.15) is 5.65 Å². The molecule has 1 fully saturated rings. The number of H-pyrrole nitrogens is 1. The van der Waals surface area contributed by atoms with Crippen molar-refractivity contribution in [1.82, 2.24) is 19.5 Å². The lowest BCUT2D eigenvalue weighted by molar-refractivity contribution is 0.190. The van der Waals surface area contributed by atoms with Crippen molar-refractivity contribution in [2.75, 3.05) is 19.6 Å². The van der Waals surface area contributed by atoms with Gasteiger partial charge in [0.25, 0.3) is 5.56 Å². The summed E-state index contributed by atoms with van der Waals surface area (Å²) < 4.78 is 1.94. The average Bonchev–Trinajstić information content (AvgIpc) is 3.05. The van der Waals surface area contributed by atoms with E-state index in [0.717, 1.165) is 54.9 Å². The quantitative estimate of drug-likeness (QED) is 0.783. The summed E-state index contributed by atoms with van der Waals surface area (Å²) in [7, 11) is 0. The summed E-state index contributed by atoms with van der Waals surface area (Å²) in [6, 6.07) is 11.8. The Bertz CT molecular complexity index is 934. The zero-order valence-corrected chi connectivity index (χ0v) is 15.5. The lowest BCUT2D eigenvalue weighted by Crippen LogP contribution is -2.36. The average molecular weight is 350 g/mol. The van der Waals surface area contributed by atoms with Crippen molar-refractivity contribution in [2.24, 2.45) is 5.92 Å². The third-order valence-electron chi connectivity index (χ3n) is 5.25. The standard InChI is InChI=1S/C21H26N4O/c1-15(2)14-24-10-8-17(9-11-24)19-12-20(26)23-21-18(13-22-25(19)21)16-6-4-3-5-7-16/h3-7,12-13,15,17H,8-11,14H2,1-2H3,(H,23,26). The van der Waals surface area contributed by atoms with E-state index in [2.05, 4.69) is 28.8 Å². The van der Waals surface area contributed by atoms with Crippen LogP contribution in [0.3, 0.4) is 0 Å². The number of nitrogens with zero attached hydrogens (tertiary/aromatic N) is 3. The molecule has 4 rings (SSSR count). The number of rotatable bonds is 4. The predicted molar refractivity (Wildman–Crippen MR) is 105 cm³/mol. The molecule has 2 aromatic heterocycles. The summed E-state index contributed by atoms with van der Waals surface area (Å²) in [6.45, 7) is 7.85. The van der Waals surface area contributed by atoms with Gasteiger partial charge < -0.3 is 9.88 Å². The lowest BCUT2D eigenvalue weighted by atomic mass is 9.92. The Kier molecular flexibility index (Phi) is 4.64. The highest BCUT2D eigenvalue weighted by Gasteiger charge is 2.24. The van der Waals surface area contributed by atoms with Gasteiger partial charge in [0.05, 0.1) is 11.9 Å². The van der Waals surface area contributed by atoms with Crippen molar-refractivity contribution in [3.05, 3.63) is 58.6 Å². The van der Waals surface area contributed by atoms with Gasteiger partial charge in [0.2, 0.25) is 0 Å². The second-order valence-corrected chi connectivity index (χ2v) is 7.71. The number of hydrogen-bond donors (Lipinski definition) is 1. The Balaban J connectivity index is 1.67. The van der Waals surface area contributed by atoms with E-state index in [-0.39, 0.29) is 5.56 Å². The molecule has 5 nitrogen and oxygen atoms in total. The molecule has 0 amide bonds. The molecule has 0 saturated carbocycles. The van der Waals surface area contributed by atoms with Crippen LogP contribution in [0.5, 0.6) is 0 Å². The van der Waals surface area contributed by atoms with Crippen LogP contribution in [0.4, 0.5) is 0 Å². The highest BCUT2D eigenvalue weighted by Crippen LogP contribution is 2.30. The Hall–Kier alpha value is -2.40. The second kappa shape index (κ2) is 7.08. The molecule has 0 unspecified atom stereocenters. The molecule has 0 aliphatic carbocycles. The van der Waals surface area contributed by atoms with Crippen LogP contribution in [0, 0.1) is 5.92 Å². The Morgan fingerprint density at radius 1 is 1.19 bits per heavy atom. The monoisotopic (exact) mass is 350 g/mol. The van der Waals surface area contributed by atoms with Crippen LogP contribution in [0.15, 0.2) is 47.4 Å². The SMILES string of the molecule is CC(C)CN1CCC(c2cc(=O)[nH]c3c(-c4ccccc4)cnn23)CC1. The van der Waals surface area contributed by atoms with Crippen LogP contribution in [0.25, 0.3) is 16.8 Å². The van der Waals surface area contributed by atoms with Gasteiger partial charge in [-0.1, -0.05) is 44.2 Å². The summed E-state index contributed by atoms with van der Waals surface area (Å²) in [6.07, 6.45) is 4.01. The number of nitrogens with one attached hydrogen (secondary N) is 1. The van der Waals surface area contributed by atoms with Crippen molar-refractivity contribution < 1.29 is 0 Å². The minimum atomic E-state index is -0.0465. The zero-order chi connectivity index (χ0) is 18.1. The maximum absolute atomic E-state index is 12.3. The molecule has 3 heterocycles. The summed E-state index contributed by atoms with van der Waals surface area (Å²) in [4.78, 5) is 17.8. The minimum absolute atomic E-state index is 0.0465. The minimum Gasteiger partial charge on any atom is -0.306 e. The molecule has 136 valence electrons. The number of fused-ring (bicyclic) bond motifs is 1. The van der Waals surface area contributed by atoms with Crippen LogP contribution in [-0.4, -0.2) is 39.1 Å². The van der Waals surface area contributed by atoms with E-state index in [0.29, 0.717) is 11.8 Å². The molecule has 0 spiro atoms. The van der Waals surface area contributed by atoms with Gasteiger partial charge in [0.15, 0.2) is 0 Å². The largest absolute Gasteiger partial charge is 0.306 e. The molecule has 0 radical (unpaired) electrons. The van der Waals surface area contributed by atoms with Gasteiger partial charge in [-0.25, -0.2) is 4.52 Å². The molecular weight excluding hydrogens is 324 g/mol. The highest BCUT2D eigenvalue weighted by atomic mass is 16.1. The van der Waals surface area contributed by atoms with Gasteiger partial charge >= 0.3 is 0 Å². The van der Waals surface area contributed by atoms with E-state index < -0.39 is 0 Å². The van der Waals surface area contributed by atoms with Gasteiger partial charge in [-0.05, 0) is 37.4 Å². The molecular formula is C21H26N4O. The van der Waals surface area contributed by atoms with E-state index in [9.17, 15) is 4.79 Å². The van der Waals surface area contributed by atoms with E-state index >= 15 is 0 Å². The third-order valence-corrected chi connectivity index (χ3v) is 5.25. The topological polar surface area (TPSA) is 53.4 Å². The molecule has 3 aromatic rings. The van der Waals surface area contributed by atoms with Crippen LogP contribution in [0.2, 0.25) is 0 Å². The number of likely N-dealkylation sites (tertiary alicyclic amines) is 1. The number of aromatic nitrogens is 3. The lowest BCUT2D eigenvalue weighted by Gasteiger charge is -2.33. The van der Waals surface area contributed by atoms with E-state index in [1.807, 2.05) is 41.0 Å². The van der Waals surface area contributed by atoms with Crippen LogP contribution < -0.4 is 5.56 Å². The molecule has 0 atom stereocenters. The molecule has 5 heteroatoms. The second-order valence-electron chi connectivity index (χ2n) is 7.71. The number of aromatic amines is 1. The molecule has 1 N–H and O–H groups in total. The summed E-state index contributed by atoms with van der Waals surface area (Å²) in [5.41, 5.74) is 3.83. The summed E-state index contributed by atoms with van der Waals surface area (Å²) >= 11 is 0. The normalized spacial score (nSPS) is 16.6. The van der Waals surface area contributed by atoms with Crippen LogP contribution in [-0.2, 0) is 0 Å². The maximum Gasteiger partial charge on any atom is 0.251 e. The summed E-state index contributed by atoms with van der Waals surface area (Å²) in [5, 5.41) is 4.61. The number of benzene rings is 1. The Morgan fingerprint density at radius 2 is 1.92 bits per heavy atom. The van der Waals surface area contributed by atoms with Gasteiger partial charge in [0, 0.05) is 24.1 Å². The summed E-state index contributed by atoms with van der Waals surface area (Å²) in [5.74, 6) is 1.07. The van der Waals surface area contributed by atoms with Crippen molar-refractivity contribution in [2.45, 2.75) is 32.6 Å². The predicted octanol–water partition coefficient (Wildman–Crippen LogP) is 3.53. The number of hydrogen-bond acceptors (Lipinski definition) is 3. The first-order valence-corrected chi connectivity index (χ1v) is 9.50. The van der Waals surface area contributed by atoms with Crippen molar-refractivity contribution in [1.29, 1.82) is 0 Å². The van der Waals surface area contributed by atoms with Gasteiger partial charge in [-0.3, -0.25) is 4.79 Å². The zero-order valence-electron chi connectivity index (χ0n) is 15.5. The van der Waals surface area contributed by atoms with E-state index in [4.69, 9.17) is 0 Å². The molecule has 1 aromatic carbocycles. The van der Waals surface area contributed by atoms with Crippen molar-refractivity contribution >= 4 is 5.65 Å². The molecule has 1 aliphatic rings. The maximum atomic E-state index is 12.3. The van der Waals surface area contributed by atoms with Gasteiger partial charge in [-0.2, -0.15) is 5.10 Å². The first-order chi connectivity index (χ1) is 12.6. The fourth-order valence-corrected chi connectivity index (χ4v) is 4.06. The Morgan fingerprint density at radius 3 is 2.62 bits per heavy atom. The fraction of sp³-hybridized carbons (Fsp3) is 0.429. The first-order valence-electron chi connectivity index (χ1n) is 9.50. The van der Waals surface area contributed by atoms with E-state index in [1.165, 1.54) is 0 Å². The van der Waals surface area contributed by atoms with Crippen LogP contribution >= 0.6 is 0 Å². The van der Waals surface area contributed by atoms with E-state index in [1.54, 1.807) is 6.07 Å². The van der Waals surface area contributed by atoms with Crippen molar-refractivity contribution in [3.8, 4) is 11.1 Å². The van der Waals surface area contributed by atoms with Crippen molar-refractivity contribution in [3.63, 3.8) is 0 Å². The molecule has 0 bridgehead atoms. The molecule has 26 heavy (non-hydrogen) atoms. The third kappa shape index (κ3) is 3.31. The first kappa shape index (κ1) is 17.0. The molecule has 1 saturated heterocycles. The number of piperidine rings is 1. The van der Waals surface area contributed by atoms with Gasteiger partial charge in [-0.15, -0.1) is 0 Å². The Labute approximate surface area is 153 Å². The highest BCUT2D eigenvalue weighted by molar-refractivity contribution is 5.76.